The summed E-state index contributed by atoms with van der Waals surface area (Å²) in [5, 5.41) is 4.85. The molecular weight excluding hydrogens is 753 g/mol. The first-order chi connectivity index (χ1) is 30.8. The van der Waals surface area contributed by atoms with Crippen LogP contribution >= 0.6 is 0 Å². The van der Waals surface area contributed by atoms with Gasteiger partial charge in [-0.25, -0.2) is 9.97 Å². The molecule has 0 fully saturated rings. The van der Waals surface area contributed by atoms with Crippen LogP contribution in [-0.4, -0.2) is 19.1 Å². The van der Waals surface area contributed by atoms with E-state index < -0.39 is 0 Å². The van der Waals surface area contributed by atoms with Gasteiger partial charge in [0.15, 0.2) is 5.82 Å². The number of fused-ring (bicyclic) bond motifs is 7. The molecule has 0 bridgehead atoms. The van der Waals surface area contributed by atoms with Gasteiger partial charge in [-0.3, -0.25) is 0 Å². The van der Waals surface area contributed by atoms with E-state index in [0.29, 0.717) is 5.82 Å². The van der Waals surface area contributed by atoms with Crippen molar-refractivity contribution < 1.29 is 0 Å². The Balaban J connectivity index is 1.09. The minimum atomic E-state index is 0.682. The number of rotatable bonds is 7. The summed E-state index contributed by atoms with van der Waals surface area (Å²) in [5.41, 5.74) is 16.3. The van der Waals surface area contributed by atoms with Crippen LogP contribution in [0.1, 0.15) is 0 Å². The van der Waals surface area contributed by atoms with Crippen LogP contribution < -0.4 is 0 Å². The predicted molar refractivity (Wildman–Crippen MR) is 258 cm³/mol. The first-order valence-electron chi connectivity index (χ1n) is 21.1. The van der Waals surface area contributed by atoms with E-state index in [1.165, 1.54) is 49.3 Å². The van der Waals surface area contributed by atoms with E-state index in [1.807, 2.05) is 12.1 Å². The molecule has 3 heterocycles. The Bertz CT molecular complexity index is 3600. The highest BCUT2D eigenvalue weighted by Gasteiger charge is 2.23. The molecule has 3 aromatic heterocycles. The number of nitrogens with zero attached hydrogens (tertiary/aromatic N) is 4. The second-order valence-corrected chi connectivity index (χ2v) is 15.8. The zero-order chi connectivity index (χ0) is 41.0. The minimum absolute atomic E-state index is 0.682. The minimum Gasteiger partial charge on any atom is -0.309 e. The zero-order valence-electron chi connectivity index (χ0n) is 33.7. The van der Waals surface area contributed by atoms with E-state index in [-0.39, 0.29) is 0 Å². The van der Waals surface area contributed by atoms with Crippen molar-refractivity contribution in [2.45, 2.75) is 0 Å². The van der Waals surface area contributed by atoms with Crippen molar-refractivity contribution in [2.24, 2.45) is 0 Å². The molecule has 0 spiro atoms. The Hall–Kier alpha value is -8.34. The number of hydrogen-bond acceptors (Lipinski definition) is 2. The van der Waals surface area contributed by atoms with Crippen LogP contribution in [0.3, 0.4) is 0 Å². The summed E-state index contributed by atoms with van der Waals surface area (Å²) in [6.45, 7) is 0. The molecule has 4 heteroatoms. The fraction of sp³-hybridized carbons (Fsp3) is 0. The van der Waals surface area contributed by atoms with Gasteiger partial charge in [-0.15, -0.1) is 0 Å². The van der Waals surface area contributed by atoms with Crippen molar-refractivity contribution in [3.63, 3.8) is 0 Å². The van der Waals surface area contributed by atoms with Gasteiger partial charge in [-0.2, -0.15) is 0 Å². The molecule has 0 radical (unpaired) electrons. The maximum Gasteiger partial charge on any atom is 0.160 e. The van der Waals surface area contributed by atoms with Gasteiger partial charge in [0.05, 0.1) is 39.1 Å². The number of benzene rings is 9. The molecule has 0 unspecified atom stereocenters. The van der Waals surface area contributed by atoms with Gasteiger partial charge >= 0.3 is 0 Å². The third kappa shape index (κ3) is 5.92. The summed E-state index contributed by atoms with van der Waals surface area (Å²) >= 11 is 0. The Morgan fingerprint density at radius 1 is 0.306 bits per heavy atom. The average molecular weight is 791 g/mol. The molecular formula is C58H38N4. The van der Waals surface area contributed by atoms with Gasteiger partial charge < -0.3 is 9.13 Å². The Morgan fingerprint density at radius 2 is 0.855 bits per heavy atom. The molecule has 0 aliphatic rings. The van der Waals surface area contributed by atoms with Crippen LogP contribution in [0.25, 0.3) is 111 Å². The first-order valence-corrected chi connectivity index (χ1v) is 21.1. The van der Waals surface area contributed by atoms with E-state index in [9.17, 15) is 0 Å². The summed E-state index contributed by atoms with van der Waals surface area (Å²) in [6.07, 6.45) is 0. The summed E-state index contributed by atoms with van der Waals surface area (Å²) in [7, 11) is 0. The Morgan fingerprint density at radius 3 is 1.60 bits per heavy atom. The lowest BCUT2D eigenvalue weighted by atomic mass is 10.0. The lowest BCUT2D eigenvalue weighted by Gasteiger charge is -2.15. The van der Waals surface area contributed by atoms with Crippen LogP contribution in [0, 0.1) is 0 Å². The molecule has 0 saturated heterocycles. The molecule has 290 valence electrons. The topological polar surface area (TPSA) is 35.6 Å². The van der Waals surface area contributed by atoms with E-state index >= 15 is 0 Å². The van der Waals surface area contributed by atoms with Gasteiger partial charge in [0.25, 0.3) is 0 Å². The maximum atomic E-state index is 5.37. The number of para-hydroxylation sites is 3. The van der Waals surface area contributed by atoms with Crippen LogP contribution in [0.2, 0.25) is 0 Å². The molecule has 4 nitrogen and oxygen atoms in total. The second-order valence-electron chi connectivity index (χ2n) is 15.8. The molecule has 0 N–H and O–H groups in total. The van der Waals surface area contributed by atoms with Crippen molar-refractivity contribution >= 4 is 43.6 Å². The summed E-state index contributed by atoms with van der Waals surface area (Å²) in [5.74, 6) is 0.682. The lowest BCUT2D eigenvalue weighted by Crippen LogP contribution is -2.01. The van der Waals surface area contributed by atoms with Crippen molar-refractivity contribution in [3.05, 3.63) is 231 Å². The normalized spacial score (nSPS) is 11.5. The first kappa shape index (κ1) is 35.6. The van der Waals surface area contributed by atoms with E-state index in [4.69, 9.17) is 9.97 Å². The molecule has 0 saturated carbocycles. The van der Waals surface area contributed by atoms with Gasteiger partial charge in [0, 0.05) is 43.9 Å². The van der Waals surface area contributed by atoms with E-state index in [2.05, 4.69) is 228 Å². The second kappa shape index (κ2) is 14.7. The quantitative estimate of drug-likeness (QED) is 0.161. The van der Waals surface area contributed by atoms with Crippen molar-refractivity contribution in [3.8, 4) is 67.5 Å². The molecule has 0 atom stereocenters. The predicted octanol–water partition coefficient (Wildman–Crippen LogP) is 15.0. The monoisotopic (exact) mass is 790 g/mol. The largest absolute Gasteiger partial charge is 0.309 e. The van der Waals surface area contributed by atoms with Crippen LogP contribution in [0.5, 0.6) is 0 Å². The van der Waals surface area contributed by atoms with Crippen LogP contribution in [-0.2, 0) is 0 Å². The smallest absolute Gasteiger partial charge is 0.160 e. The molecule has 62 heavy (non-hydrogen) atoms. The molecule has 12 aromatic rings. The maximum absolute atomic E-state index is 5.37. The van der Waals surface area contributed by atoms with Crippen molar-refractivity contribution in [1.29, 1.82) is 0 Å². The Labute approximate surface area is 359 Å². The molecule has 9 aromatic carbocycles. The molecule has 0 aliphatic carbocycles. The molecule has 0 aliphatic heterocycles. The van der Waals surface area contributed by atoms with E-state index in [1.54, 1.807) is 0 Å². The zero-order valence-corrected chi connectivity index (χ0v) is 33.7. The summed E-state index contributed by atoms with van der Waals surface area (Å²) < 4.78 is 4.90. The third-order valence-corrected chi connectivity index (χ3v) is 12.1. The van der Waals surface area contributed by atoms with Crippen LogP contribution in [0.15, 0.2) is 231 Å². The summed E-state index contributed by atoms with van der Waals surface area (Å²) in [4.78, 5) is 10.6. The highest BCUT2D eigenvalue weighted by molar-refractivity contribution is 6.26. The van der Waals surface area contributed by atoms with Crippen LogP contribution in [0.4, 0.5) is 0 Å². The van der Waals surface area contributed by atoms with E-state index in [0.717, 1.165) is 56.0 Å². The van der Waals surface area contributed by atoms with Gasteiger partial charge in [-0.05, 0) is 64.7 Å². The van der Waals surface area contributed by atoms with Crippen molar-refractivity contribution in [2.75, 3.05) is 0 Å². The standard InChI is InChI=1S/C58H38N4/c1-4-17-39(18-5-1)41-31-33-43(34-32-41)58-59-50(42-21-8-3-9-22-42)38-51(60-58)48-26-11-14-29-53(48)62-54-30-15-12-27-49(54)56-55(62)36-35-47-46-25-10-13-28-52(46)61(57(47)56)45-24-16-23-44(37-45)40-19-6-2-7-20-40/h1-38H. The number of hydrogen-bond donors (Lipinski definition) is 0. The molecule has 12 rings (SSSR count). The molecule has 0 amide bonds. The Kier molecular flexibility index (Phi) is 8.46. The van der Waals surface area contributed by atoms with Gasteiger partial charge in [-0.1, -0.05) is 188 Å². The van der Waals surface area contributed by atoms with Gasteiger partial charge in [0.1, 0.15) is 0 Å². The fourth-order valence-electron chi connectivity index (χ4n) is 9.29. The van der Waals surface area contributed by atoms with Crippen molar-refractivity contribution in [1.82, 2.24) is 19.1 Å². The lowest BCUT2D eigenvalue weighted by molar-refractivity contribution is 1.15. The summed E-state index contributed by atoms with van der Waals surface area (Å²) in [6, 6.07) is 82.1. The highest BCUT2D eigenvalue weighted by atomic mass is 15.0. The highest BCUT2D eigenvalue weighted by Crippen LogP contribution is 2.44. The average Bonchev–Trinajstić information content (AvgIpc) is 3.88. The van der Waals surface area contributed by atoms with Gasteiger partial charge in [0.2, 0.25) is 0 Å². The fourth-order valence-corrected chi connectivity index (χ4v) is 9.29. The number of aromatic nitrogens is 4. The third-order valence-electron chi connectivity index (χ3n) is 12.1. The SMILES string of the molecule is c1ccc(-c2ccc(-c3nc(-c4ccccc4)cc(-c4ccccc4-n4c5ccccc5c5c4ccc4c6ccccc6n(-c6cccc(-c7ccccc7)c6)c45)n3)cc2)cc1.